The van der Waals surface area contributed by atoms with E-state index in [0.29, 0.717) is 11.3 Å². The molecule has 0 aliphatic carbocycles. The summed E-state index contributed by atoms with van der Waals surface area (Å²) in [6, 6.07) is 8.42. The molecular weight excluding hydrogens is 346 g/mol. The Hall–Kier alpha value is -3.06. The van der Waals surface area contributed by atoms with E-state index in [1.807, 2.05) is 0 Å². The van der Waals surface area contributed by atoms with Crippen molar-refractivity contribution < 1.29 is 8.42 Å². The van der Waals surface area contributed by atoms with Gasteiger partial charge in [-0.15, -0.1) is 0 Å². The molecule has 0 aliphatic heterocycles. The van der Waals surface area contributed by atoms with Crippen LogP contribution in [0.4, 0.5) is 11.5 Å². The molecule has 9 nitrogen and oxygen atoms in total. The van der Waals surface area contributed by atoms with Crippen LogP contribution in [0.5, 0.6) is 0 Å². The molecule has 1 heterocycles. The summed E-state index contributed by atoms with van der Waals surface area (Å²) in [6.45, 7) is 0.189. The lowest BCUT2D eigenvalue weighted by Crippen LogP contribution is -2.39. The number of rotatable bonds is 5. The Bertz CT molecular complexity index is 1080. The first-order valence-corrected chi connectivity index (χ1v) is 9.04. The zero-order valence-electron chi connectivity index (χ0n) is 13.9. The number of anilines is 2. The second-order valence-electron chi connectivity index (χ2n) is 5.47. The van der Waals surface area contributed by atoms with Crippen molar-refractivity contribution in [1.82, 2.24) is 9.13 Å². The first kappa shape index (κ1) is 18.3. The number of hydrogen-bond acceptors (Lipinski definition) is 6. The largest absolute Gasteiger partial charge is 0.366 e. The molecule has 0 spiro atoms. The molecule has 1 aromatic heterocycles. The maximum atomic E-state index is 12.0. The fraction of sp³-hybridized carbons (Fsp3) is 0.267. The number of nitrogens with one attached hydrogen (secondary N) is 2. The zero-order chi connectivity index (χ0) is 18.8. The normalized spacial score (nSPS) is 11.0. The number of hydrogen-bond donors (Lipinski definition) is 2. The van der Waals surface area contributed by atoms with Gasteiger partial charge in [0.1, 0.15) is 11.9 Å². The van der Waals surface area contributed by atoms with Crippen LogP contribution in [-0.4, -0.2) is 23.8 Å². The molecular formula is C15H17N5O4S. The van der Waals surface area contributed by atoms with Gasteiger partial charge in [0.15, 0.2) is 5.56 Å². The molecule has 0 saturated heterocycles. The Balaban J connectivity index is 2.35. The van der Waals surface area contributed by atoms with Crippen LogP contribution < -0.4 is 21.3 Å². The van der Waals surface area contributed by atoms with E-state index < -0.39 is 21.3 Å². The maximum Gasteiger partial charge on any atom is 0.332 e. The van der Waals surface area contributed by atoms with Crippen LogP contribution >= 0.6 is 0 Å². The van der Waals surface area contributed by atoms with Crippen molar-refractivity contribution in [3.63, 3.8) is 0 Å². The Kier molecular flexibility index (Phi) is 4.99. The second kappa shape index (κ2) is 6.82. The molecule has 0 fully saturated rings. The van der Waals surface area contributed by atoms with Crippen LogP contribution in [-0.2, 0) is 30.7 Å². The lowest BCUT2D eigenvalue weighted by Gasteiger charge is -2.14. The van der Waals surface area contributed by atoms with Crippen LogP contribution in [0.15, 0.2) is 33.9 Å². The molecule has 10 heteroatoms. The fourth-order valence-electron chi connectivity index (χ4n) is 2.30. The van der Waals surface area contributed by atoms with Crippen LogP contribution in [0, 0.1) is 11.3 Å². The van der Waals surface area contributed by atoms with E-state index in [2.05, 4.69) is 10.0 Å². The first-order valence-electron chi connectivity index (χ1n) is 7.14. The first-order chi connectivity index (χ1) is 11.6. The molecule has 0 aliphatic rings. The van der Waals surface area contributed by atoms with E-state index in [4.69, 9.17) is 0 Å². The van der Waals surface area contributed by atoms with Crippen molar-refractivity contribution in [2.24, 2.45) is 14.1 Å². The average Bonchev–Trinajstić information content (AvgIpc) is 2.53. The minimum Gasteiger partial charge on any atom is -0.366 e. The van der Waals surface area contributed by atoms with Gasteiger partial charge in [-0.25, -0.2) is 13.2 Å². The van der Waals surface area contributed by atoms with Gasteiger partial charge in [0.05, 0.1) is 6.26 Å². The molecule has 0 bridgehead atoms. The Morgan fingerprint density at radius 2 is 1.88 bits per heavy atom. The number of benzene rings is 1. The van der Waals surface area contributed by atoms with E-state index in [1.165, 1.54) is 18.7 Å². The van der Waals surface area contributed by atoms with Gasteiger partial charge in [-0.1, -0.05) is 12.1 Å². The Labute approximate surface area is 144 Å². The van der Waals surface area contributed by atoms with Crippen LogP contribution in [0.2, 0.25) is 0 Å². The van der Waals surface area contributed by atoms with Crippen LogP contribution in [0.1, 0.15) is 11.1 Å². The van der Waals surface area contributed by atoms with Crippen molar-refractivity contribution in [2.45, 2.75) is 6.54 Å². The molecule has 0 amide bonds. The lowest BCUT2D eigenvalue weighted by atomic mass is 10.2. The molecule has 1 aromatic carbocycles. The van der Waals surface area contributed by atoms with Gasteiger partial charge in [0, 0.05) is 26.3 Å². The predicted octanol–water partition coefficient (Wildman–Crippen LogP) is -0.0607. The topological polar surface area (TPSA) is 126 Å². The van der Waals surface area contributed by atoms with Gasteiger partial charge in [-0.2, -0.15) is 5.26 Å². The van der Waals surface area contributed by atoms with Gasteiger partial charge in [-0.05, 0) is 17.7 Å². The van der Waals surface area contributed by atoms with Gasteiger partial charge in [-0.3, -0.25) is 18.7 Å². The molecule has 0 unspecified atom stereocenters. The Morgan fingerprint density at radius 3 is 2.48 bits per heavy atom. The minimum absolute atomic E-state index is 0.108. The zero-order valence-corrected chi connectivity index (χ0v) is 14.7. The fourth-order valence-corrected chi connectivity index (χ4v) is 2.85. The Morgan fingerprint density at radius 1 is 1.20 bits per heavy atom. The standard InChI is InChI=1S/C15H17N5O4S/c1-19-13(12(8-16)14(21)20(2)15(19)22)17-9-10-5-4-6-11(7-10)18-25(3,23)24/h4-7,17-18H,9H2,1-3H3. The molecule has 25 heavy (non-hydrogen) atoms. The summed E-state index contributed by atoms with van der Waals surface area (Å²) in [5.41, 5.74) is -0.319. The van der Waals surface area contributed by atoms with E-state index in [0.717, 1.165) is 10.8 Å². The number of nitrogens with zero attached hydrogens (tertiary/aromatic N) is 3. The summed E-state index contributed by atoms with van der Waals surface area (Å²) in [7, 11) is -0.645. The van der Waals surface area contributed by atoms with Crippen LogP contribution in [0.25, 0.3) is 0 Å². The van der Waals surface area contributed by atoms with Gasteiger partial charge in [0.25, 0.3) is 5.56 Å². The number of sulfonamides is 1. The molecule has 2 rings (SSSR count). The molecule has 2 N–H and O–H groups in total. The van der Waals surface area contributed by atoms with Gasteiger partial charge >= 0.3 is 5.69 Å². The average molecular weight is 363 g/mol. The maximum absolute atomic E-state index is 12.0. The molecule has 132 valence electrons. The summed E-state index contributed by atoms with van der Waals surface area (Å²) >= 11 is 0. The SMILES string of the molecule is Cn1c(NCc2cccc(NS(C)(=O)=O)c2)c(C#N)c(=O)n(C)c1=O. The van der Waals surface area contributed by atoms with E-state index in [1.54, 1.807) is 30.3 Å². The number of nitriles is 1. The van der Waals surface area contributed by atoms with Crippen molar-refractivity contribution in [1.29, 1.82) is 5.26 Å². The molecule has 0 atom stereocenters. The third kappa shape index (κ3) is 4.07. The highest BCUT2D eigenvalue weighted by molar-refractivity contribution is 7.92. The second-order valence-corrected chi connectivity index (χ2v) is 7.22. The highest BCUT2D eigenvalue weighted by Crippen LogP contribution is 2.14. The summed E-state index contributed by atoms with van der Waals surface area (Å²) in [5.74, 6) is 0.108. The highest BCUT2D eigenvalue weighted by atomic mass is 32.2. The minimum atomic E-state index is -3.40. The van der Waals surface area contributed by atoms with Crippen LogP contribution in [0.3, 0.4) is 0 Å². The van der Waals surface area contributed by atoms with Crippen molar-refractivity contribution >= 4 is 21.5 Å². The summed E-state index contributed by atoms with van der Waals surface area (Å²) in [4.78, 5) is 24.0. The summed E-state index contributed by atoms with van der Waals surface area (Å²) in [5, 5.41) is 12.1. The number of aromatic nitrogens is 2. The van der Waals surface area contributed by atoms with E-state index in [-0.39, 0.29) is 17.9 Å². The van der Waals surface area contributed by atoms with Gasteiger partial charge in [0.2, 0.25) is 10.0 Å². The quantitative estimate of drug-likeness (QED) is 0.766. The van der Waals surface area contributed by atoms with Crippen molar-refractivity contribution in [3.05, 3.63) is 56.2 Å². The van der Waals surface area contributed by atoms with Gasteiger partial charge < -0.3 is 5.32 Å². The van der Waals surface area contributed by atoms with Crippen molar-refractivity contribution in [2.75, 3.05) is 16.3 Å². The van der Waals surface area contributed by atoms with E-state index >= 15 is 0 Å². The lowest BCUT2D eigenvalue weighted by molar-refractivity contribution is 0.607. The monoisotopic (exact) mass is 363 g/mol. The third-order valence-electron chi connectivity index (χ3n) is 3.47. The highest BCUT2D eigenvalue weighted by Gasteiger charge is 2.15. The summed E-state index contributed by atoms with van der Waals surface area (Å²) in [6.07, 6.45) is 1.05. The smallest absolute Gasteiger partial charge is 0.332 e. The third-order valence-corrected chi connectivity index (χ3v) is 4.07. The molecule has 0 saturated carbocycles. The predicted molar refractivity (Wildman–Crippen MR) is 93.9 cm³/mol. The van der Waals surface area contributed by atoms with Crippen molar-refractivity contribution in [3.8, 4) is 6.07 Å². The molecule has 2 aromatic rings. The summed E-state index contributed by atoms with van der Waals surface area (Å²) < 4.78 is 27.0. The van der Waals surface area contributed by atoms with E-state index in [9.17, 15) is 23.3 Å². The molecule has 0 radical (unpaired) electrons.